The molecule has 1 aromatic heterocycles. The van der Waals surface area contributed by atoms with E-state index < -0.39 is 0 Å². The van der Waals surface area contributed by atoms with Gasteiger partial charge in [-0.05, 0) is 54.8 Å². The number of hydrogen-bond acceptors (Lipinski definition) is 3. The lowest BCUT2D eigenvalue weighted by atomic mass is 10.0. The minimum Gasteiger partial charge on any atom is -0.497 e. The fraction of sp³-hybridized carbons (Fsp3) is 0.273. The number of aromatic nitrogens is 2. The second-order valence-electron chi connectivity index (χ2n) is 7.06. The van der Waals surface area contributed by atoms with Gasteiger partial charge in [0, 0.05) is 29.9 Å². The maximum atomic E-state index is 12.8. The van der Waals surface area contributed by atoms with E-state index >= 15 is 0 Å². The zero-order chi connectivity index (χ0) is 20.2. The number of urea groups is 1. The number of carbonyl (C=O) groups is 1. The van der Waals surface area contributed by atoms with Crippen LogP contribution in [0.5, 0.6) is 5.75 Å². The molecule has 0 aliphatic carbocycles. The van der Waals surface area contributed by atoms with Gasteiger partial charge < -0.3 is 15.0 Å². The van der Waals surface area contributed by atoms with Gasteiger partial charge in [0.1, 0.15) is 5.75 Å². The highest BCUT2D eigenvalue weighted by atomic mass is 35.5. The number of carbonyl (C=O) groups excluding carboxylic acids is 1. The number of amides is 2. The normalized spacial score (nSPS) is 16.1. The summed E-state index contributed by atoms with van der Waals surface area (Å²) in [5, 5.41) is 8.08. The quantitative estimate of drug-likeness (QED) is 0.669. The van der Waals surface area contributed by atoms with E-state index in [1.807, 2.05) is 53.6 Å². The third-order valence-corrected chi connectivity index (χ3v) is 5.42. The minimum absolute atomic E-state index is 0.0606. The number of rotatable bonds is 5. The summed E-state index contributed by atoms with van der Waals surface area (Å²) in [5.41, 5.74) is 2.96. The summed E-state index contributed by atoms with van der Waals surface area (Å²) in [6.07, 6.45) is 5.62. The van der Waals surface area contributed by atoms with E-state index in [0.29, 0.717) is 11.6 Å². The summed E-state index contributed by atoms with van der Waals surface area (Å²) in [5.74, 6) is 0.810. The first-order chi connectivity index (χ1) is 14.1. The Bertz CT molecular complexity index is 986. The van der Waals surface area contributed by atoms with Gasteiger partial charge in [0.15, 0.2) is 0 Å². The molecule has 1 fully saturated rings. The van der Waals surface area contributed by atoms with Gasteiger partial charge in [0.2, 0.25) is 0 Å². The highest BCUT2D eigenvalue weighted by molar-refractivity contribution is 6.30. The van der Waals surface area contributed by atoms with Gasteiger partial charge in [0.25, 0.3) is 0 Å². The average molecular weight is 411 g/mol. The summed E-state index contributed by atoms with van der Waals surface area (Å²) >= 11 is 5.94. The van der Waals surface area contributed by atoms with Crippen LogP contribution in [0.1, 0.15) is 30.0 Å². The van der Waals surface area contributed by atoms with E-state index in [-0.39, 0.29) is 12.1 Å². The van der Waals surface area contributed by atoms with E-state index in [9.17, 15) is 4.79 Å². The molecular weight excluding hydrogens is 388 g/mol. The van der Waals surface area contributed by atoms with Crippen molar-refractivity contribution in [1.82, 2.24) is 20.0 Å². The van der Waals surface area contributed by atoms with Crippen LogP contribution in [0.25, 0.3) is 5.69 Å². The SMILES string of the molecule is COc1cccc(C2CCCN2C(=O)NCc2cnn(-c3ccc(Cl)cc3)c2)c1. The van der Waals surface area contributed by atoms with E-state index in [1.54, 1.807) is 18.0 Å². The predicted octanol–water partition coefficient (Wildman–Crippen LogP) is 4.58. The van der Waals surface area contributed by atoms with Crippen LogP contribution < -0.4 is 10.1 Å². The minimum atomic E-state index is -0.0606. The molecule has 150 valence electrons. The highest BCUT2D eigenvalue weighted by Gasteiger charge is 2.30. The van der Waals surface area contributed by atoms with E-state index in [0.717, 1.165) is 42.0 Å². The van der Waals surface area contributed by atoms with Crippen LogP contribution in [-0.2, 0) is 6.54 Å². The Morgan fingerprint density at radius 3 is 2.90 bits per heavy atom. The van der Waals surface area contributed by atoms with Crippen molar-refractivity contribution in [2.75, 3.05) is 13.7 Å². The largest absolute Gasteiger partial charge is 0.497 e. The highest BCUT2D eigenvalue weighted by Crippen LogP contribution is 2.33. The van der Waals surface area contributed by atoms with Crippen LogP contribution >= 0.6 is 11.6 Å². The fourth-order valence-electron chi connectivity index (χ4n) is 3.67. The Hall–Kier alpha value is -2.99. The fourth-order valence-corrected chi connectivity index (χ4v) is 3.80. The number of methoxy groups -OCH3 is 1. The Labute approximate surface area is 175 Å². The Morgan fingerprint density at radius 2 is 2.10 bits per heavy atom. The number of nitrogens with zero attached hydrogens (tertiary/aromatic N) is 3. The number of hydrogen-bond donors (Lipinski definition) is 1. The Kier molecular flexibility index (Phi) is 5.71. The third kappa shape index (κ3) is 4.38. The average Bonchev–Trinajstić information content (AvgIpc) is 3.42. The molecule has 1 N–H and O–H groups in total. The first-order valence-corrected chi connectivity index (χ1v) is 10.00. The van der Waals surface area contributed by atoms with Crippen LogP contribution in [0, 0.1) is 0 Å². The van der Waals surface area contributed by atoms with E-state index in [2.05, 4.69) is 16.5 Å². The first kappa shape index (κ1) is 19.3. The van der Waals surface area contributed by atoms with Crippen molar-refractivity contribution in [2.45, 2.75) is 25.4 Å². The summed E-state index contributed by atoms with van der Waals surface area (Å²) in [7, 11) is 1.66. The second-order valence-corrected chi connectivity index (χ2v) is 7.49. The van der Waals surface area contributed by atoms with Crippen LogP contribution in [0.15, 0.2) is 60.9 Å². The molecule has 0 saturated carbocycles. The van der Waals surface area contributed by atoms with Gasteiger partial charge in [-0.1, -0.05) is 23.7 Å². The summed E-state index contributed by atoms with van der Waals surface area (Å²) in [4.78, 5) is 14.7. The number of benzene rings is 2. The molecule has 0 bridgehead atoms. The van der Waals surface area contributed by atoms with Crippen molar-refractivity contribution in [1.29, 1.82) is 0 Å². The predicted molar refractivity (Wildman–Crippen MR) is 112 cm³/mol. The molecule has 0 spiro atoms. The number of nitrogens with one attached hydrogen (secondary N) is 1. The molecule has 1 atom stereocenters. The molecule has 1 aliphatic heterocycles. The zero-order valence-electron chi connectivity index (χ0n) is 16.2. The van der Waals surface area contributed by atoms with Crippen LogP contribution in [0.3, 0.4) is 0 Å². The van der Waals surface area contributed by atoms with Crippen LogP contribution in [-0.4, -0.2) is 34.4 Å². The van der Waals surface area contributed by atoms with Crippen molar-refractivity contribution in [3.05, 3.63) is 77.1 Å². The van der Waals surface area contributed by atoms with Gasteiger partial charge in [-0.15, -0.1) is 0 Å². The standard InChI is InChI=1S/C22H23ClN4O2/c1-29-20-5-2-4-17(12-20)21-6-3-11-26(21)22(28)24-13-16-14-25-27(15-16)19-9-7-18(23)8-10-19/h2,4-5,7-10,12,14-15,21H,3,6,11,13H2,1H3,(H,24,28). The Morgan fingerprint density at radius 1 is 1.28 bits per heavy atom. The lowest BCUT2D eigenvalue weighted by Crippen LogP contribution is -2.39. The van der Waals surface area contributed by atoms with Gasteiger partial charge in [0.05, 0.1) is 25.0 Å². The molecule has 2 amide bonds. The van der Waals surface area contributed by atoms with Crippen LogP contribution in [0.4, 0.5) is 4.79 Å². The van der Waals surface area contributed by atoms with Crippen molar-refractivity contribution in [3.63, 3.8) is 0 Å². The summed E-state index contributed by atoms with van der Waals surface area (Å²) in [6, 6.07) is 15.4. The smallest absolute Gasteiger partial charge is 0.318 e. The number of likely N-dealkylation sites (tertiary alicyclic amines) is 1. The number of halogens is 1. The van der Waals surface area contributed by atoms with Gasteiger partial charge in [-0.3, -0.25) is 0 Å². The molecule has 2 heterocycles. The molecule has 6 nitrogen and oxygen atoms in total. The van der Waals surface area contributed by atoms with Crippen molar-refractivity contribution < 1.29 is 9.53 Å². The summed E-state index contributed by atoms with van der Waals surface area (Å²) in [6.45, 7) is 1.17. The molecule has 1 saturated heterocycles. The summed E-state index contributed by atoms with van der Waals surface area (Å²) < 4.78 is 7.10. The van der Waals surface area contributed by atoms with Gasteiger partial charge in [-0.2, -0.15) is 5.10 Å². The first-order valence-electron chi connectivity index (χ1n) is 9.62. The molecule has 2 aromatic carbocycles. The Balaban J connectivity index is 1.39. The van der Waals surface area contributed by atoms with E-state index in [1.165, 1.54) is 0 Å². The topological polar surface area (TPSA) is 59.4 Å². The molecular formula is C22H23ClN4O2. The van der Waals surface area contributed by atoms with Gasteiger partial charge in [-0.25, -0.2) is 9.48 Å². The molecule has 0 radical (unpaired) electrons. The van der Waals surface area contributed by atoms with Crippen LogP contribution in [0.2, 0.25) is 5.02 Å². The maximum Gasteiger partial charge on any atom is 0.318 e. The molecule has 7 heteroatoms. The second kappa shape index (κ2) is 8.57. The third-order valence-electron chi connectivity index (χ3n) is 5.16. The lowest BCUT2D eigenvalue weighted by Gasteiger charge is -2.25. The molecule has 3 aromatic rings. The van der Waals surface area contributed by atoms with E-state index in [4.69, 9.17) is 16.3 Å². The van der Waals surface area contributed by atoms with Crippen molar-refractivity contribution in [2.24, 2.45) is 0 Å². The lowest BCUT2D eigenvalue weighted by molar-refractivity contribution is 0.192. The van der Waals surface area contributed by atoms with Gasteiger partial charge >= 0.3 is 6.03 Å². The zero-order valence-corrected chi connectivity index (χ0v) is 17.0. The molecule has 29 heavy (non-hydrogen) atoms. The maximum absolute atomic E-state index is 12.8. The number of ether oxygens (including phenoxy) is 1. The molecule has 1 unspecified atom stereocenters. The monoisotopic (exact) mass is 410 g/mol. The molecule has 1 aliphatic rings. The van der Waals surface area contributed by atoms with Crippen molar-refractivity contribution in [3.8, 4) is 11.4 Å². The van der Waals surface area contributed by atoms with Crippen molar-refractivity contribution >= 4 is 17.6 Å². The molecule has 4 rings (SSSR count).